The summed E-state index contributed by atoms with van der Waals surface area (Å²) in [5, 5.41) is 1.94. The van der Waals surface area contributed by atoms with E-state index in [2.05, 4.69) is 78.6 Å². The average molecular weight is 885 g/mol. The molecule has 0 saturated heterocycles. The molecule has 3 aromatic rings. The minimum atomic E-state index is -3.20. The molecular weight excluding hydrogens is 819 g/mol. The second-order valence-corrected chi connectivity index (χ2v) is 41.4. The van der Waals surface area contributed by atoms with Crippen LogP contribution in [0.15, 0.2) is 75.0 Å². The Bertz CT molecular complexity index is 1660. The van der Waals surface area contributed by atoms with E-state index >= 15 is 0 Å². The van der Waals surface area contributed by atoms with Gasteiger partial charge in [-0.2, -0.15) is 0 Å². The van der Waals surface area contributed by atoms with Crippen LogP contribution in [0.2, 0.25) is 90.7 Å². The number of rotatable bonds is 22. The summed E-state index contributed by atoms with van der Waals surface area (Å²) < 4.78 is 44.3. The largest absolute Gasteiger partial charge is 0.505 e. The Balaban J connectivity index is 1.81. The minimum Gasteiger partial charge on any atom is -0.416 e. The van der Waals surface area contributed by atoms with Gasteiger partial charge in [0.15, 0.2) is 52.8 Å². The molecule has 2 aromatic carbocycles. The summed E-state index contributed by atoms with van der Waals surface area (Å²) in [7, 11) is -16.1. The Hall–Kier alpha value is -1.65. The van der Waals surface area contributed by atoms with Crippen LogP contribution in [0.4, 0.5) is 0 Å². The van der Waals surface area contributed by atoms with Crippen LogP contribution in [0.5, 0.6) is 0 Å². The van der Waals surface area contributed by atoms with Crippen molar-refractivity contribution in [3.05, 3.63) is 92.1 Å². The van der Waals surface area contributed by atoms with E-state index in [1.54, 1.807) is 0 Å². The van der Waals surface area contributed by atoms with Gasteiger partial charge in [-0.3, -0.25) is 0 Å². The highest BCUT2D eigenvalue weighted by Crippen LogP contribution is 2.25. The van der Waals surface area contributed by atoms with Crippen LogP contribution in [-0.4, -0.2) is 84.1 Å². The van der Waals surface area contributed by atoms with E-state index < -0.39 is 87.5 Å². The van der Waals surface area contributed by atoms with E-state index in [4.69, 9.17) is 24.7 Å². The van der Waals surface area contributed by atoms with Crippen molar-refractivity contribution in [1.29, 1.82) is 0 Å². The molecule has 54 heavy (non-hydrogen) atoms. The van der Waals surface area contributed by atoms with Gasteiger partial charge in [0.25, 0.3) is 0 Å². The van der Waals surface area contributed by atoms with Gasteiger partial charge in [-0.1, -0.05) is 60.7 Å². The second-order valence-electron chi connectivity index (χ2n) is 16.2. The van der Waals surface area contributed by atoms with Crippen LogP contribution in [0, 0.1) is 0 Å². The average Bonchev–Trinajstić information content (AvgIpc) is 3.06. The molecule has 1 aromatic heterocycles. The molecule has 0 atom stereocenters. The van der Waals surface area contributed by atoms with E-state index in [1.165, 1.54) is 16.2 Å². The van der Waals surface area contributed by atoms with Gasteiger partial charge in [0.2, 0.25) is 0 Å². The van der Waals surface area contributed by atoms with E-state index in [9.17, 15) is 14.4 Å². The third-order valence-corrected chi connectivity index (χ3v) is 32.7. The summed E-state index contributed by atoms with van der Waals surface area (Å²) in [6.45, 7) is 26.0. The van der Waals surface area contributed by atoms with Crippen molar-refractivity contribution in [2.45, 2.75) is 117 Å². The second kappa shape index (κ2) is 20.2. The molecule has 0 radical (unpaired) electrons. The van der Waals surface area contributed by atoms with Crippen LogP contribution in [0.25, 0.3) is 0 Å². The number of nitrogens with zero attached hydrogens (tertiary/aromatic N) is 3. The predicted molar refractivity (Wildman–Crippen MR) is 240 cm³/mol. The normalized spacial score (nSPS) is 13.2. The molecule has 0 amide bonds. The highest BCUT2D eigenvalue weighted by Gasteiger charge is 2.50. The molecule has 0 N–H and O–H groups in total. The van der Waals surface area contributed by atoms with Crippen molar-refractivity contribution in [2.75, 3.05) is 0 Å². The van der Waals surface area contributed by atoms with Gasteiger partial charge in [0.1, 0.15) is 0 Å². The number of hydrogen-bond donors (Lipinski definition) is 0. The van der Waals surface area contributed by atoms with Crippen molar-refractivity contribution in [1.82, 2.24) is 13.7 Å². The maximum absolute atomic E-state index is 13.8. The van der Waals surface area contributed by atoms with Crippen molar-refractivity contribution in [3.8, 4) is 0 Å². The van der Waals surface area contributed by atoms with Gasteiger partial charge in [-0.15, -0.1) is 0 Å². The standard InChI is InChI=1S/C34H65N3O9Si8/c1-35-32(38)36(26-20-28-51(10,11)45-53(41-47(2)3,42-48(4)5)30-22-16-14-17-23-30)34(40)37(33(35)39)27-21-29-52(12,13)46-54(43-49(6)7,44-50(8)9)31-24-18-15-19-25-31/h14-19,22-25,47-50H,20-21,26-29H2,1-13H3. The van der Waals surface area contributed by atoms with Gasteiger partial charge in [0.05, 0.1) is 0 Å². The van der Waals surface area contributed by atoms with E-state index in [-0.39, 0.29) is 13.1 Å². The molecule has 0 bridgehead atoms. The topological polar surface area (TPSA) is 121 Å². The third kappa shape index (κ3) is 13.2. The molecule has 12 nitrogen and oxygen atoms in total. The van der Waals surface area contributed by atoms with Gasteiger partial charge < -0.3 is 24.7 Å². The quantitative estimate of drug-likeness (QED) is 0.140. The van der Waals surface area contributed by atoms with Gasteiger partial charge >= 0.3 is 34.7 Å². The zero-order valence-electron chi connectivity index (χ0n) is 34.8. The fourth-order valence-corrected chi connectivity index (χ4v) is 33.2. The zero-order valence-corrected chi connectivity index (χ0v) is 43.5. The van der Waals surface area contributed by atoms with Crippen molar-refractivity contribution in [2.24, 2.45) is 7.05 Å². The first-order valence-electron chi connectivity index (χ1n) is 19.3. The zero-order chi connectivity index (χ0) is 40.5. The maximum atomic E-state index is 13.8. The minimum absolute atomic E-state index is 0.173. The lowest BCUT2D eigenvalue weighted by Gasteiger charge is -2.39. The Morgan fingerprint density at radius 3 is 1.07 bits per heavy atom. The highest BCUT2D eigenvalue weighted by molar-refractivity contribution is 6.92. The van der Waals surface area contributed by atoms with Gasteiger partial charge in [-0.25, -0.2) is 28.1 Å². The lowest BCUT2D eigenvalue weighted by atomic mass is 10.4. The molecule has 0 aliphatic rings. The van der Waals surface area contributed by atoms with Gasteiger partial charge in [-0.05, 0) is 103 Å². The Morgan fingerprint density at radius 2 is 0.796 bits per heavy atom. The third-order valence-electron chi connectivity index (χ3n) is 8.46. The molecule has 0 aliphatic heterocycles. The first-order chi connectivity index (χ1) is 25.1. The van der Waals surface area contributed by atoms with Crippen LogP contribution < -0.4 is 27.4 Å². The fraction of sp³-hybridized carbons (Fsp3) is 0.559. The lowest BCUT2D eigenvalue weighted by Crippen LogP contribution is -2.64. The van der Waals surface area contributed by atoms with Crippen LogP contribution in [0.1, 0.15) is 12.8 Å². The van der Waals surface area contributed by atoms with E-state index in [0.29, 0.717) is 24.9 Å². The number of hydrogen-bond acceptors (Lipinski definition) is 9. The summed E-state index contributed by atoms with van der Waals surface area (Å²) in [5.74, 6) is 0. The lowest BCUT2D eigenvalue weighted by molar-refractivity contribution is 0.280. The summed E-state index contributed by atoms with van der Waals surface area (Å²) in [5.41, 5.74) is -1.81. The molecular formula is C34H65N3O9Si8. The number of benzene rings is 2. The Kier molecular flexibility index (Phi) is 17.4. The van der Waals surface area contributed by atoms with E-state index in [0.717, 1.165) is 14.9 Å². The molecule has 1 heterocycles. The maximum Gasteiger partial charge on any atom is 0.505 e. The summed E-state index contributed by atoms with van der Waals surface area (Å²) in [4.78, 5) is 40.4. The SMILES string of the molecule is Cn1c(=O)n(CCC[Si](C)(C)O[Si](O[SiH](C)C)(O[SiH](C)C)c2ccccc2)c(=O)n(CCC[Si](C)(C)O[Si](O[SiH](C)C)(O[SiH](C)C)c2ccccc2)c1=O. The first kappa shape index (κ1) is 46.7. The van der Waals surface area contributed by atoms with Crippen molar-refractivity contribution >= 4 is 80.8 Å². The van der Waals surface area contributed by atoms with E-state index in [1.807, 2.05) is 60.7 Å². The number of aromatic nitrogens is 3. The molecule has 0 saturated carbocycles. The molecule has 20 heteroatoms. The fourth-order valence-electron chi connectivity index (χ4n) is 6.36. The van der Waals surface area contributed by atoms with Crippen LogP contribution in [0.3, 0.4) is 0 Å². The Morgan fingerprint density at radius 1 is 0.500 bits per heavy atom. The Labute approximate surface area is 333 Å². The molecule has 302 valence electrons. The molecule has 0 spiro atoms. The van der Waals surface area contributed by atoms with Crippen LogP contribution in [-0.2, 0) is 44.8 Å². The molecule has 3 rings (SSSR count). The first-order valence-corrected chi connectivity index (χ1v) is 40.1. The monoisotopic (exact) mass is 883 g/mol. The summed E-state index contributed by atoms with van der Waals surface area (Å²) in [6, 6.07) is 21.4. The van der Waals surface area contributed by atoms with Crippen molar-refractivity contribution in [3.63, 3.8) is 0 Å². The molecule has 0 fully saturated rings. The smallest absolute Gasteiger partial charge is 0.416 e. The molecule has 0 aliphatic carbocycles. The molecule has 0 unspecified atom stereocenters. The highest BCUT2D eigenvalue weighted by atomic mass is 28.5. The van der Waals surface area contributed by atoms with Crippen molar-refractivity contribution < 1.29 is 24.7 Å². The predicted octanol–water partition coefficient (Wildman–Crippen LogP) is 3.62. The summed E-state index contributed by atoms with van der Waals surface area (Å²) in [6.07, 6.45) is 1.06. The van der Waals surface area contributed by atoms with Crippen LogP contribution >= 0.6 is 0 Å². The van der Waals surface area contributed by atoms with Gasteiger partial charge in [0, 0.05) is 30.5 Å². The summed E-state index contributed by atoms with van der Waals surface area (Å²) >= 11 is 0.